The van der Waals surface area contributed by atoms with Crippen LogP contribution < -0.4 is 10.5 Å². The Hall–Kier alpha value is -1.07. The SMILES string of the molecule is CCC=[NH2+].O=C([O-])C(F)(F)F. The van der Waals surface area contributed by atoms with Gasteiger partial charge >= 0.3 is 6.18 Å². The molecule has 6 heteroatoms. The summed E-state index contributed by atoms with van der Waals surface area (Å²) in [5.41, 5.74) is 0. The van der Waals surface area contributed by atoms with Crippen molar-refractivity contribution in [3.05, 3.63) is 0 Å². The number of hydrogen-bond acceptors (Lipinski definition) is 2. The molecule has 0 bridgehead atoms. The number of carboxylic acids is 1. The van der Waals surface area contributed by atoms with Gasteiger partial charge in [-0.1, -0.05) is 6.92 Å². The molecule has 0 unspecified atom stereocenters. The molecule has 0 rings (SSSR count). The summed E-state index contributed by atoms with van der Waals surface area (Å²) >= 11 is 0. The Labute approximate surface area is 61.3 Å². The van der Waals surface area contributed by atoms with Crippen LogP contribution in [0.15, 0.2) is 0 Å². The lowest BCUT2D eigenvalue weighted by atomic mass is 10.6. The van der Waals surface area contributed by atoms with E-state index >= 15 is 0 Å². The summed E-state index contributed by atoms with van der Waals surface area (Å²) in [5, 5.41) is 13.7. The van der Waals surface area contributed by atoms with Crippen LogP contribution in [0.25, 0.3) is 0 Å². The first-order chi connectivity index (χ1) is 4.86. The molecule has 0 amide bonds. The Morgan fingerprint density at radius 1 is 1.64 bits per heavy atom. The Balaban J connectivity index is 0. The predicted octanol–water partition coefficient (Wildman–Crippen LogP) is -1.48. The molecule has 0 radical (unpaired) electrons. The van der Waals surface area contributed by atoms with Gasteiger partial charge in [0.1, 0.15) is 12.2 Å². The monoisotopic (exact) mass is 171 g/mol. The molecule has 0 spiro atoms. The Morgan fingerprint density at radius 3 is 1.82 bits per heavy atom. The van der Waals surface area contributed by atoms with Crippen molar-refractivity contribution in [1.29, 1.82) is 0 Å². The smallest absolute Gasteiger partial charge is 0.430 e. The maximum atomic E-state index is 10.5. The quantitative estimate of drug-likeness (QED) is 0.489. The van der Waals surface area contributed by atoms with Gasteiger partial charge in [-0.15, -0.1) is 0 Å². The molecule has 0 saturated heterocycles. The molecule has 11 heavy (non-hydrogen) atoms. The van der Waals surface area contributed by atoms with Gasteiger partial charge in [-0.05, 0) is 0 Å². The fraction of sp³-hybridized carbons (Fsp3) is 0.600. The maximum Gasteiger partial charge on any atom is 0.430 e. The van der Waals surface area contributed by atoms with Crippen LogP contribution in [0.1, 0.15) is 13.3 Å². The second-order valence-electron chi connectivity index (χ2n) is 1.43. The lowest BCUT2D eigenvalue weighted by Crippen LogP contribution is -2.37. The number of carbonyl (C=O) groups excluding carboxylic acids is 1. The highest BCUT2D eigenvalue weighted by atomic mass is 19.4. The molecule has 0 saturated carbocycles. The number of rotatable bonds is 1. The number of carboxylic acid groups (broad SMARTS) is 1. The van der Waals surface area contributed by atoms with Crippen LogP contribution in [0, 0.1) is 0 Å². The summed E-state index contributed by atoms with van der Waals surface area (Å²) in [6, 6.07) is 0. The number of halogens is 3. The first-order valence-electron chi connectivity index (χ1n) is 2.67. The van der Waals surface area contributed by atoms with Crippen LogP contribution in [0.3, 0.4) is 0 Å². The Bertz CT molecular complexity index is 132. The molecular formula is C5H8F3NO2. The van der Waals surface area contributed by atoms with Gasteiger partial charge in [0.25, 0.3) is 0 Å². The van der Waals surface area contributed by atoms with Crippen LogP contribution in [0.2, 0.25) is 0 Å². The highest BCUT2D eigenvalue weighted by Gasteiger charge is 2.28. The minimum absolute atomic E-state index is 0.972. The van der Waals surface area contributed by atoms with E-state index in [4.69, 9.17) is 15.3 Å². The van der Waals surface area contributed by atoms with Crippen LogP contribution in [-0.2, 0) is 4.79 Å². The summed E-state index contributed by atoms with van der Waals surface area (Å²) < 4.78 is 31.5. The zero-order chi connectivity index (χ0) is 9.49. The van der Waals surface area contributed by atoms with Gasteiger partial charge in [-0.2, -0.15) is 13.2 Å². The largest absolute Gasteiger partial charge is 0.542 e. The molecule has 0 aromatic heterocycles. The fourth-order valence-corrected chi connectivity index (χ4v) is 0. The summed E-state index contributed by atoms with van der Waals surface area (Å²) in [5.74, 6) is -3.01. The average Bonchev–Trinajstić information content (AvgIpc) is 1.87. The molecule has 0 aromatic rings. The molecule has 0 aliphatic carbocycles. The van der Waals surface area contributed by atoms with E-state index in [0.717, 1.165) is 6.42 Å². The van der Waals surface area contributed by atoms with Crippen LogP contribution in [0.5, 0.6) is 0 Å². The van der Waals surface area contributed by atoms with E-state index in [1.54, 1.807) is 6.21 Å². The molecule has 3 nitrogen and oxygen atoms in total. The highest BCUT2D eigenvalue weighted by Crippen LogP contribution is 2.11. The van der Waals surface area contributed by atoms with E-state index in [1.807, 2.05) is 6.92 Å². The van der Waals surface area contributed by atoms with Gasteiger partial charge in [0.15, 0.2) is 0 Å². The third-order valence-electron chi connectivity index (χ3n) is 0.467. The molecule has 0 heterocycles. The van der Waals surface area contributed by atoms with Crippen molar-refractivity contribution in [2.45, 2.75) is 19.5 Å². The molecule has 66 valence electrons. The van der Waals surface area contributed by atoms with Gasteiger partial charge in [-0.3, -0.25) is 5.41 Å². The van der Waals surface area contributed by atoms with Crippen molar-refractivity contribution < 1.29 is 28.5 Å². The Morgan fingerprint density at radius 2 is 1.82 bits per heavy atom. The summed E-state index contributed by atoms with van der Waals surface area (Å²) in [4.78, 5) is 8.78. The third kappa shape index (κ3) is 12.2. The molecule has 0 aromatic carbocycles. The van der Waals surface area contributed by atoms with Gasteiger partial charge in [0.05, 0.1) is 0 Å². The minimum Gasteiger partial charge on any atom is -0.542 e. The maximum absolute atomic E-state index is 10.5. The molecular weight excluding hydrogens is 163 g/mol. The predicted molar refractivity (Wildman–Crippen MR) is 29.3 cm³/mol. The van der Waals surface area contributed by atoms with Gasteiger partial charge < -0.3 is 9.90 Å². The first kappa shape index (κ1) is 12.6. The van der Waals surface area contributed by atoms with Crippen molar-refractivity contribution in [1.82, 2.24) is 0 Å². The first-order valence-corrected chi connectivity index (χ1v) is 2.67. The van der Waals surface area contributed by atoms with Crippen molar-refractivity contribution in [2.24, 2.45) is 0 Å². The van der Waals surface area contributed by atoms with Crippen molar-refractivity contribution in [3.63, 3.8) is 0 Å². The van der Waals surface area contributed by atoms with E-state index in [0.29, 0.717) is 0 Å². The molecule has 2 N–H and O–H groups in total. The van der Waals surface area contributed by atoms with Crippen LogP contribution in [-0.4, -0.2) is 18.4 Å². The number of nitrogens with two attached hydrogens (primary N) is 1. The molecule has 0 fully saturated rings. The van der Waals surface area contributed by atoms with E-state index in [1.165, 1.54) is 0 Å². The topological polar surface area (TPSA) is 65.7 Å². The summed E-state index contributed by atoms with van der Waals surface area (Å²) in [6.07, 6.45) is -2.60. The molecule has 0 atom stereocenters. The number of carbonyl (C=O) groups is 1. The van der Waals surface area contributed by atoms with Crippen LogP contribution >= 0.6 is 0 Å². The van der Waals surface area contributed by atoms with E-state index < -0.39 is 12.1 Å². The zero-order valence-electron chi connectivity index (χ0n) is 5.81. The number of hydrogen-bond donors (Lipinski definition) is 1. The van der Waals surface area contributed by atoms with Crippen LogP contribution in [0.4, 0.5) is 13.2 Å². The summed E-state index contributed by atoms with van der Waals surface area (Å²) in [6.45, 7) is 2.00. The third-order valence-corrected chi connectivity index (χ3v) is 0.467. The second kappa shape index (κ2) is 5.70. The number of aliphatic carboxylic acids is 1. The van der Waals surface area contributed by atoms with Gasteiger partial charge in [0.2, 0.25) is 0 Å². The normalized spacial score (nSPS) is 9.45. The van der Waals surface area contributed by atoms with Gasteiger partial charge in [-0.25, -0.2) is 0 Å². The summed E-state index contributed by atoms with van der Waals surface area (Å²) in [7, 11) is 0. The highest BCUT2D eigenvalue weighted by molar-refractivity contribution is 5.70. The minimum atomic E-state index is -5.19. The fourth-order valence-electron chi connectivity index (χ4n) is 0. The second-order valence-corrected chi connectivity index (χ2v) is 1.43. The van der Waals surface area contributed by atoms with E-state index in [2.05, 4.69) is 0 Å². The Kier molecular flexibility index (Phi) is 6.52. The van der Waals surface area contributed by atoms with Crippen molar-refractivity contribution >= 4 is 12.2 Å². The van der Waals surface area contributed by atoms with Gasteiger partial charge in [0, 0.05) is 6.42 Å². The molecule has 0 aliphatic rings. The lowest BCUT2D eigenvalue weighted by molar-refractivity contribution is -0.344. The average molecular weight is 171 g/mol. The standard InChI is InChI=1S/C3H7N.C2HF3O2/c1-2-3-4;3-2(4,5)1(6)7/h3-4H,2H2,1H3;(H,6,7). The van der Waals surface area contributed by atoms with E-state index in [-0.39, 0.29) is 0 Å². The number of alkyl halides is 3. The lowest BCUT2D eigenvalue weighted by Gasteiger charge is -2.03. The zero-order valence-corrected chi connectivity index (χ0v) is 5.81. The van der Waals surface area contributed by atoms with Crippen molar-refractivity contribution in [3.8, 4) is 0 Å². The molecule has 0 aliphatic heterocycles. The van der Waals surface area contributed by atoms with E-state index in [9.17, 15) is 13.2 Å². The van der Waals surface area contributed by atoms with Crippen molar-refractivity contribution in [2.75, 3.05) is 0 Å².